The van der Waals surface area contributed by atoms with Gasteiger partial charge in [0.25, 0.3) is 0 Å². The highest BCUT2D eigenvalue weighted by molar-refractivity contribution is 9.10. The van der Waals surface area contributed by atoms with Gasteiger partial charge in [0.1, 0.15) is 5.82 Å². The van der Waals surface area contributed by atoms with Crippen LogP contribution in [0.25, 0.3) is 0 Å². The SMILES string of the molecule is Brc1cccnc1N1CC=CCC1. The van der Waals surface area contributed by atoms with Crippen LogP contribution in [0.1, 0.15) is 6.42 Å². The summed E-state index contributed by atoms with van der Waals surface area (Å²) in [6.45, 7) is 2.03. The van der Waals surface area contributed by atoms with Gasteiger partial charge in [-0.2, -0.15) is 0 Å². The van der Waals surface area contributed by atoms with Crippen molar-refractivity contribution in [3.05, 3.63) is 35.0 Å². The molecule has 0 saturated heterocycles. The number of aromatic nitrogens is 1. The largest absolute Gasteiger partial charge is 0.352 e. The predicted molar refractivity (Wildman–Crippen MR) is 57.9 cm³/mol. The van der Waals surface area contributed by atoms with E-state index in [0.29, 0.717) is 0 Å². The zero-order chi connectivity index (χ0) is 9.10. The normalized spacial score (nSPS) is 16.2. The van der Waals surface area contributed by atoms with Crippen molar-refractivity contribution in [1.82, 2.24) is 4.98 Å². The van der Waals surface area contributed by atoms with E-state index in [1.807, 2.05) is 18.3 Å². The summed E-state index contributed by atoms with van der Waals surface area (Å²) in [7, 11) is 0. The molecule has 0 N–H and O–H groups in total. The Morgan fingerprint density at radius 3 is 3.00 bits per heavy atom. The summed E-state index contributed by atoms with van der Waals surface area (Å²) >= 11 is 3.50. The Labute approximate surface area is 86.4 Å². The molecule has 0 unspecified atom stereocenters. The van der Waals surface area contributed by atoms with Gasteiger partial charge in [-0.15, -0.1) is 0 Å². The molecule has 1 aromatic heterocycles. The molecule has 2 nitrogen and oxygen atoms in total. The Kier molecular flexibility index (Phi) is 2.64. The average Bonchev–Trinajstić information content (AvgIpc) is 2.20. The van der Waals surface area contributed by atoms with Crippen LogP contribution in [-0.4, -0.2) is 18.1 Å². The Bertz CT molecular complexity index is 322. The van der Waals surface area contributed by atoms with Crippen molar-refractivity contribution in [1.29, 1.82) is 0 Å². The van der Waals surface area contributed by atoms with E-state index >= 15 is 0 Å². The minimum Gasteiger partial charge on any atom is -0.352 e. The predicted octanol–water partition coefficient (Wildman–Crippen LogP) is 2.61. The fourth-order valence-corrected chi connectivity index (χ4v) is 1.95. The number of hydrogen-bond donors (Lipinski definition) is 0. The standard InChI is InChI=1S/C10H11BrN2/c11-9-5-4-6-12-10(9)13-7-2-1-3-8-13/h1-2,4-6H,3,7-8H2. The maximum Gasteiger partial charge on any atom is 0.143 e. The molecule has 2 rings (SSSR count). The molecule has 0 aliphatic carbocycles. The van der Waals surface area contributed by atoms with Gasteiger partial charge in [-0.1, -0.05) is 12.2 Å². The second-order valence-corrected chi connectivity index (χ2v) is 3.87. The van der Waals surface area contributed by atoms with Crippen molar-refractivity contribution < 1.29 is 0 Å². The molecule has 68 valence electrons. The van der Waals surface area contributed by atoms with Gasteiger partial charge in [0.05, 0.1) is 4.47 Å². The molecule has 0 radical (unpaired) electrons. The molecule has 1 aromatic rings. The Morgan fingerprint density at radius 1 is 1.38 bits per heavy atom. The Hall–Kier alpha value is -0.830. The third-order valence-corrected chi connectivity index (χ3v) is 2.72. The van der Waals surface area contributed by atoms with Crippen LogP contribution in [0.3, 0.4) is 0 Å². The molecule has 0 aromatic carbocycles. The summed E-state index contributed by atoms with van der Waals surface area (Å²) in [6, 6.07) is 3.97. The minimum absolute atomic E-state index is 0.968. The van der Waals surface area contributed by atoms with Gasteiger partial charge < -0.3 is 4.90 Å². The van der Waals surface area contributed by atoms with Crippen LogP contribution in [-0.2, 0) is 0 Å². The molecular weight excluding hydrogens is 228 g/mol. The molecule has 0 fully saturated rings. The van der Waals surface area contributed by atoms with Crippen molar-refractivity contribution in [2.75, 3.05) is 18.0 Å². The van der Waals surface area contributed by atoms with E-state index in [-0.39, 0.29) is 0 Å². The maximum absolute atomic E-state index is 4.35. The molecule has 1 aliphatic heterocycles. The molecule has 0 atom stereocenters. The molecule has 0 bridgehead atoms. The van der Waals surface area contributed by atoms with E-state index in [1.165, 1.54) is 0 Å². The van der Waals surface area contributed by atoms with Gasteiger partial charge in [0, 0.05) is 19.3 Å². The monoisotopic (exact) mass is 238 g/mol. The van der Waals surface area contributed by atoms with Crippen molar-refractivity contribution in [3.8, 4) is 0 Å². The second-order valence-electron chi connectivity index (χ2n) is 3.01. The van der Waals surface area contributed by atoms with Crippen molar-refractivity contribution in [2.24, 2.45) is 0 Å². The van der Waals surface area contributed by atoms with Gasteiger partial charge in [-0.3, -0.25) is 0 Å². The van der Waals surface area contributed by atoms with Gasteiger partial charge in [-0.05, 0) is 34.5 Å². The van der Waals surface area contributed by atoms with Crippen LogP contribution in [0.15, 0.2) is 35.0 Å². The van der Waals surface area contributed by atoms with Crippen LogP contribution in [0.4, 0.5) is 5.82 Å². The average molecular weight is 239 g/mol. The summed E-state index contributed by atoms with van der Waals surface area (Å²) < 4.78 is 1.07. The minimum atomic E-state index is 0.968. The Morgan fingerprint density at radius 2 is 2.31 bits per heavy atom. The molecule has 0 saturated carbocycles. The molecular formula is C10H11BrN2. The quantitative estimate of drug-likeness (QED) is 0.700. The zero-order valence-electron chi connectivity index (χ0n) is 7.28. The smallest absolute Gasteiger partial charge is 0.143 e. The molecule has 1 aliphatic rings. The first-order chi connectivity index (χ1) is 6.38. The lowest BCUT2D eigenvalue weighted by Crippen LogP contribution is -2.27. The lowest BCUT2D eigenvalue weighted by atomic mass is 10.2. The molecule has 13 heavy (non-hydrogen) atoms. The van der Waals surface area contributed by atoms with Gasteiger partial charge >= 0.3 is 0 Å². The van der Waals surface area contributed by atoms with Gasteiger partial charge in [0.15, 0.2) is 0 Å². The van der Waals surface area contributed by atoms with E-state index in [2.05, 4.69) is 38.0 Å². The molecule has 3 heteroatoms. The van der Waals surface area contributed by atoms with Crippen LogP contribution in [0.5, 0.6) is 0 Å². The number of halogens is 1. The zero-order valence-corrected chi connectivity index (χ0v) is 8.87. The molecule has 2 heterocycles. The number of nitrogens with zero attached hydrogens (tertiary/aromatic N) is 2. The van der Waals surface area contributed by atoms with Crippen LogP contribution >= 0.6 is 15.9 Å². The number of rotatable bonds is 1. The lowest BCUT2D eigenvalue weighted by Gasteiger charge is -2.25. The highest BCUT2D eigenvalue weighted by atomic mass is 79.9. The summed E-state index contributed by atoms with van der Waals surface area (Å²) in [5.41, 5.74) is 0. The van der Waals surface area contributed by atoms with Crippen molar-refractivity contribution >= 4 is 21.7 Å². The summed E-state index contributed by atoms with van der Waals surface area (Å²) in [5, 5.41) is 0. The van der Waals surface area contributed by atoms with Crippen LogP contribution in [0, 0.1) is 0 Å². The van der Waals surface area contributed by atoms with Gasteiger partial charge in [0.2, 0.25) is 0 Å². The lowest BCUT2D eigenvalue weighted by molar-refractivity contribution is 0.803. The fourth-order valence-electron chi connectivity index (χ4n) is 1.44. The van der Waals surface area contributed by atoms with Crippen molar-refractivity contribution in [3.63, 3.8) is 0 Å². The van der Waals surface area contributed by atoms with E-state index in [0.717, 1.165) is 29.8 Å². The Balaban J connectivity index is 2.24. The first kappa shape index (κ1) is 8.75. The third kappa shape index (κ3) is 1.91. The third-order valence-electron chi connectivity index (χ3n) is 2.10. The summed E-state index contributed by atoms with van der Waals surface area (Å²) in [5.74, 6) is 1.05. The molecule has 0 amide bonds. The number of pyridine rings is 1. The highest BCUT2D eigenvalue weighted by Crippen LogP contribution is 2.23. The van der Waals surface area contributed by atoms with E-state index in [4.69, 9.17) is 0 Å². The van der Waals surface area contributed by atoms with Gasteiger partial charge in [-0.25, -0.2) is 4.98 Å². The topological polar surface area (TPSA) is 16.1 Å². The van der Waals surface area contributed by atoms with E-state index in [1.54, 1.807) is 0 Å². The van der Waals surface area contributed by atoms with E-state index < -0.39 is 0 Å². The first-order valence-corrected chi connectivity index (χ1v) is 5.18. The fraction of sp³-hybridized carbons (Fsp3) is 0.300. The molecule has 0 spiro atoms. The summed E-state index contributed by atoms with van der Waals surface area (Å²) in [4.78, 5) is 6.62. The summed E-state index contributed by atoms with van der Waals surface area (Å²) in [6.07, 6.45) is 7.35. The van der Waals surface area contributed by atoms with Crippen LogP contribution in [0.2, 0.25) is 0 Å². The first-order valence-electron chi connectivity index (χ1n) is 4.38. The van der Waals surface area contributed by atoms with Crippen LogP contribution < -0.4 is 4.90 Å². The number of anilines is 1. The number of hydrogen-bond acceptors (Lipinski definition) is 2. The van der Waals surface area contributed by atoms with E-state index in [9.17, 15) is 0 Å². The second kappa shape index (κ2) is 3.92. The van der Waals surface area contributed by atoms with Crippen molar-refractivity contribution in [2.45, 2.75) is 6.42 Å². The highest BCUT2D eigenvalue weighted by Gasteiger charge is 2.10. The maximum atomic E-state index is 4.35.